The first-order chi connectivity index (χ1) is 5.47. The van der Waals surface area contributed by atoms with Crippen LogP contribution in [0.5, 0.6) is 0 Å². The van der Waals surface area contributed by atoms with Gasteiger partial charge in [0.15, 0.2) is 0 Å². The van der Waals surface area contributed by atoms with Crippen molar-refractivity contribution in [3.05, 3.63) is 49.1 Å². The first-order valence-corrected chi connectivity index (χ1v) is 3.42. The van der Waals surface area contributed by atoms with Crippen molar-refractivity contribution in [2.75, 3.05) is 0 Å². The Labute approximate surface area is 84.0 Å². The Kier molecular flexibility index (Phi) is 3.18. The normalized spacial score (nSPS) is 9.00. The minimum absolute atomic E-state index is 0. The molecular formula is C9H7N2Zn-. The van der Waals surface area contributed by atoms with Gasteiger partial charge in [0.05, 0.1) is 0 Å². The van der Waals surface area contributed by atoms with Crippen LogP contribution in [0.3, 0.4) is 0 Å². The number of nitrogens with zero attached hydrogens (tertiary/aromatic N) is 2. The molecule has 3 heteroatoms. The summed E-state index contributed by atoms with van der Waals surface area (Å²) in [6, 6.07) is 7.76. The monoisotopic (exact) mass is 207 g/mol. The second-order valence-corrected chi connectivity index (χ2v) is 2.23. The molecule has 0 aromatic carbocycles. The Morgan fingerprint density at radius 1 is 1.25 bits per heavy atom. The van der Waals surface area contributed by atoms with E-state index in [9.17, 15) is 0 Å². The number of rotatable bonds is 1. The molecule has 0 saturated carbocycles. The number of pyridine rings is 1. The predicted molar refractivity (Wildman–Crippen MR) is 42.4 cm³/mol. The summed E-state index contributed by atoms with van der Waals surface area (Å²) in [5.41, 5.74) is 1.09. The van der Waals surface area contributed by atoms with Gasteiger partial charge in [-0.1, -0.05) is 18.1 Å². The third kappa shape index (κ3) is 1.80. The molecule has 2 nitrogen and oxygen atoms in total. The van der Waals surface area contributed by atoms with Crippen molar-refractivity contribution in [2.24, 2.45) is 0 Å². The molecule has 2 aromatic heterocycles. The molecule has 0 saturated heterocycles. The quantitative estimate of drug-likeness (QED) is 0.515. The molecule has 56 valence electrons. The molecule has 0 aliphatic carbocycles. The van der Waals surface area contributed by atoms with Crippen LogP contribution in [-0.2, 0) is 19.5 Å². The average molecular weight is 209 g/mol. The van der Waals surface area contributed by atoms with Crippen LogP contribution in [0.2, 0.25) is 0 Å². The average Bonchev–Trinajstić information content (AvgIpc) is 2.58. The summed E-state index contributed by atoms with van der Waals surface area (Å²) in [4.78, 5) is 3.82. The largest absolute Gasteiger partial charge is 0.394 e. The van der Waals surface area contributed by atoms with E-state index in [1.54, 1.807) is 6.20 Å². The van der Waals surface area contributed by atoms with Gasteiger partial charge in [0.2, 0.25) is 0 Å². The molecule has 0 spiro atoms. The first kappa shape index (κ1) is 9.14. The Hall–Kier alpha value is -0.947. The minimum atomic E-state index is 0. The van der Waals surface area contributed by atoms with Crippen molar-refractivity contribution in [1.29, 1.82) is 0 Å². The van der Waals surface area contributed by atoms with Crippen LogP contribution in [0.4, 0.5) is 0 Å². The van der Waals surface area contributed by atoms with E-state index in [0.717, 1.165) is 5.69 Å². The van der Waals surface area contributed by atoms with Crippen molar-refractivity contribution in [1.82, 2.24) is 9.55 Å². The third-order valence-electron chi connectivity index (χ3n) is 1.51. The van der Waals surface area contributed by atoms with E-state index in [-0.39, 0.29) is 19.5 Å². The zero-order chi connectivity index (χ0) is 7.52. The minimum Gasteiger partial charge on any atom is -0.394 e. The van der Waals surface area contributed by atoms with Crippen LogP contribution < -0.4 is 0 Å². The maximum atomic E-state index is 3.82. The summed E-state index contributed by atoms with van der Waals surface area (Å²) >= 11 is 0. The van der Waals surface area contributed by atoms with Crippen molar-refractivity contribution in [3.63, 3.8) is 0 Å². The van der Waals surface area contributed by atoms with E-state index >= 15 is 0 Å². The summed E-state index contributed by atoms with van der Waals surface area (Å²) in [6.45, 7) is 0. The van der Waals surface area contributed by atoms with Gasteiger partial charge in [0.25, 0.3) is 0 Å². The zero-order valence-electron chi connectivity index (χ0n) is 6.64. The maximum Gasteiger partial charge on any atom is 0 e. The number of hydrogen-bond donors (Lipinski definition) is 0. The Bertz CT molecular complexity index is 316. The van der Waals surface area contributed by atoms with Gasteiger partial charge in [-0.05, 0) is 24.5 Å². The van der Waals surface area contributed by atoms with E-state index in [4.69, 9.17) is 0 Å². The summed E-state index contributed by atoms with van der Waals surface area (Å²) in [6.07, 6.45) is 8.49. The van der Waals surface area contributed by atoms with Crippen LogP contribution in [0.1, 0.15) is 0 Å². The zero-order valence-corrected chi connectivity index (χ0v) is 9.61. The molecule has 2 rings (SSSR count). The second kappa shape index (κ2) is 4.17. The smallest absolute Gasteiger partial charge is 0 e. The fourth-order valence-electron chi connectivity index (χ4n) is 0.975. The van der Waals surface area contributed by atoms with E-state index in [2.05, 4.69) is 11.2 Å². The molecule has 0 aliphatic rings. The van der Waals surface area contributed by atoms with Gasteiger partial charge in [0, 0.05) is 19.5 Å². The number of hydrogen-bond acceptors (Lipinski definition) is 1. The summed E-state index contributed by atoms with van der Waals surface area (Å²) in [5.74, 6) is 0. The molecule has 0 bridgehead atoms. The van der Waals surface area contributed by atoms with Gasteiger partial charge in [-0.2, -0.15) is 0 Å². The van der Waals surface area contributed by atoms with Gasteiger partial charge in [0.1, 0.15) is 0 Å². The summed E-state index contributed by atoms with van der Waals surface area (Å²) in [5, 5.41) is 0. The van der Waals surface area contributed by atoms with E-state index in [0.29, 0.717) is 0 Å². The van der Waals surface area contributed by atoms with Crippen LogP contribution >= 0.6 is 0 Å². The van der Waals surface area contributed by atoms with Crippen molar-refractivity contribution in [3.8, 4) is 5.69 Å². The van der Waals surface area contributed by atoms with E-state index < -0.39 is 0 Å². The Balaban J connectivity index is 0.000000720. The van der Waals surface area contributed by atoms with Crippen LogP contribution in [0.25, 0.3) is 5.69 Å². The molecule has 0 aliphatic heterocycles. The molecule has 12 heavy (non-hydrogen) atoms. The molecule has 0 fully saturated rings. The van der Waals surface area contributed by atoms with E-state index in [1.165, 1.54) is 0 Å². The van der Waals surface area contributed by atoms with E-state index in [1.807, 2.05) is 41.2 Å². The fraction of sp³-hybridized carbons (Fsp3) is 0. The molecule has 0 N–H and O–H groups in total. The second-order valence-electron chi connectivity index (χ2n) is 2.23. The van der Waals surface area contributed by atoms with Gasteiger partial charge in [-0.25, -0.2) is 0 Å². The predicted octanol–water partition coefficient (Wildman–Crippen LogP) is 1.67. The molecular weight excluding hydrogens is 202 g/mol. The third-order valence-corrected chi connectivity index (χ3v) is 1.51. The Morgan fingerprint density at radius 2 is 2.00 bits per heavy atom. The SMILES string of the molecule is [Zn].[c-]1cc(-n2cccc2)ccn1. The van der Waals surface area contributed by atoms with Gasteiger partial charge in [-0.15, -0.1) is 12.1 Å². The van der Waals surface area contributed by atoms with Gasteiger partial charge < -0.3 is 9.55 Å². The van der Waals surface area contributed by atoms with Crippen LogP contribution in [-0.4, -0.2) is 9.55 Å². The van der Waals surface area contributed by atoms with Crippen molar-refractivity contribution < 1.29 is 19.5 Å². The first-order valence-electron chi connectivity index (χ1n) is 3.42. The number of aromatic nitrogens is 2. The molecule has 0 unspecified atom stereocenters. The van der Waals surface area contributed by atoms with Gasteiger partial charge >= 0.3 is 0 Å². The molecule has 2 aromatic rings. The molecule has 0 atom stereocenters. The fourth-order valence-corrected chi connectivity index (χ4v) is 0.975. The van der Waals surface area contributed by atoms with Crippen LogP contribution in [0.15, 0.2) is 42.9 Å². The summed E-state index contributed by atoms with van der Waals surface area (Å²) < 4.78 is 2.01. The maximum absolute atomic E-state index is 3.82. The van der Waals surface area contributed by atoms with Crippen molar-refractivity contribution in [2.45, 2.75) is 0 Å². The molecule has 0 amide bonds. The topological polar surface area (TPSA) is 17.8 Å². The molecule has 0 radical (unpaired) electrons. The van der Waals surface area contributed by atoms with Crippen LogP contribution in [0, 0.1) is 6.20 Å². The summed E-state index contributed by atoms with van der Waals surface area (Å²) in [7, 11) is 0. The Morgan fingerprint density at radius 3 is 2.58 bits per heavy atom. The molecule has 2 heterocycles. The van der Waals surface area contributed by atoms with Gasteiger partial charge in [-0.3, -0.25) is 0 Å². The standard InChI is InChI=1S/C9H7N2.Zn/c1-2-8-11(7-1)9-3-5-10-6-4-9;/h1-5,7-8H;/q-1;. The van der Waals surface area contributed by atoms with Crippen molar-refractivity contribution >= 4 is 0 Å².